The summed E-state index contributed by atoms with van der Waals surface area (Å²) < 4.78 is 4.75. The fourth-order valence-electron chi connectivity index (χ4n) is 0.556. The van der Waals surface area contributed by atoms with Gasteiger partial charge in [0.05, 0.1) is 6.10 Å². The maximum atomic E-state index is 8.91. The molecule has 2 N–H and O–H groups in total. The highest BCUT2D eigenvalue weighted by Crippen LogP contribution is 2.00. The number of aliphatic hydroxyl groups is 2. The summed E-state index contributed by atoms with van der Waals surface area (Å²) in [5.41, 5.74) is 0. The summed E-state index contributed by atoms with van der Waals surface area (Å²) in [4.78, 5) is 0. The van der Waals surface area contributed by atoms with Crippen LogP contribution in [0.15, 0.2) is 0 Å². The second-order valence-corrected chi connectivity index (χ2v) is 2.26. The summed E-state index contributed by atoms with van der Waals surface area (Å²) in [5, 5.41) is 17.8. The van der Waals surface area contributed by atoms with E-state index in [2.05, 4.69) is 0 Å². The number of hydrogen-bond acceptors (Lipinski definition) is 3. The van der Waals surface area contributed by atoms with Crippen LogP contribution in [0.5, 0.6) is 0 Å². The molecule has 0 aliphatic heterocycles. The van der Waals surface area contributed by atoms with Crippen LogP contribution in [0.3, 0.4) is 0 Å². The van der Waals surface area contributed by atoms with E-state index < -0.39 is 12.4 Å². The average molecular weight is 169 g/mol. The Hall–Kier alpha value is 0.170. The molecule has 0 radical (unpaired) electrons. The average Bonchev–Trinajstić information content (AvgIpc) is 1.88. The molecule has 10 heavy (non-hydrogen) atoms. The number of halogens is 1. The highest BCUT2D eigenvalue weighted by Gasteiger charge is 2.09. The first-order valence-electron chi connectivity index (χ1n) is 3.24. The standard InChI is InChI=1S/C6H13ClO3/c1-2-10-6(9)3-5(8)4-7/h5-6,8-9H,2-4H2,1H3. The molecule has 2 unspecified atom stereocenters. The van der Waals surface area contributed by atoms with Crippen LogP contribution in [0, 0.1) is 0 Å². The molecule has 62 valence electrons. The second kappa shape index (κ2) is 5.92. The Morgan fingerprint density at radius 2 is 2.10 bits per heavy atom. The molecule has 0 rings (SSSR count). The van der Waals surface area contributed by atoms with Crippen LogP contribution in [-0.4, -0.2) is 35.1 Å². The lowest BCUT2D eigenvalue weighted by Crippen LogP contribution is -2.21. The minimum absolute atomic E-state index is 0.129. The van der Waals surface area contributed by atoms with Gasteiger partial charge in [0.25, 0.3) is 0 Å². The van der Waals surface area contributed by atoms with Crippen LogP contribution in [0.2, 0.25) is 0 Å². The van der Waals surface area contributed by atoms with E-state index in [0.29, 0.717) is 6.61 Å². The normalized spacial score (nSPS) is 16.8. The van der Waals surface area contributed by atoms with Crippen LogP contribution in [0.1, 0.15) is 13.3 Å². The van der Waals surface area contributed by atoms with Gasteiger partial charge in [-0.05, 0) is 6.92 Å². The molecular weight excluding hydrogens is 156 g/mol. The Bertz CT molecular complexity index is 79.4. The predicted molar refractivity (Wildman–Crippen MR) is 39.0 cm³/mol. The van der Waals surface area contributed by atoms with Crippen LogP contribution in [-0.2, 0) is 4.74 Å². The molecule has 0 aliphatic carbocycles. The lowest BCUT2D eigenvalue weighted by molar-refractivity contribution is -0.113. The van der Waals surface area contributed by atoms with Gasteiger partial charge in [-0.3, -0.25) is 0 Å². The molecule has 4 heteroatoms. The Morgan fingerprint density at radius 1 is 1.50 bits per heavy atom. The summed E-state index contributed by atoms with van der Waals surface area (Å²) in [5.74, 6) is 0.129. The van der Waals surface area contributed by atoms with Crippen molar-refractivity contribution < 1.29 is 14.9 Å². The molecule has 0 heterocycles. The van der Waals surface area contributed by atoms with E-state index >= 15 is 0 Å². The Labute approximate surface area is 65.6 Å². The zero-order valence-corrected chi connectivity index (χ0v) is 6.71. The predicted octanol–water partition coefficient (Wildman–Crippen LogP) is 0.331. The fraction of sp³-hybridized carbons (Fsp3) is 1.00. The summed E-state index contributed by atoms with van der Waals surface area (Å²) in [7, 11) is 0. The van der Waals surface area contributed by atoms with Gasteiger partial charge in [-0.25, -0.2) is 0 Å². The maximum absolute atomic E-state index is 8.91. The zero-order chi connectivity index (χ0) is 7.98. The van der Waals surface area contributed by atoms with Crippen molar-refractivity contribution in [2.24, 2.45) is 0 Å². The topological polar surface area (TPSA) is 49.7 Å². The van der Waals surface area contributed by atoms with Gasteiger partial charge in [-0.2, -0.15) is 0 Å². The molecule has 0 bridgehead atoms. The van der Waals surface area contributed by atoms with Crippen molar-refractivity contribution in [2.45, 2.75) is 25.7 Å². The molecule has 0 spiro atoms. The maximum Gasteiger partial charge on any atom is 0.157 e. The highest BCUT2D eigenvalue weighted by atomic mass is 35.5. The van der Waals surface area contributed by atoms with E-state index in [0.717, 1.165) is 0 Å². The summed E-state index contributed by atoms with van der Waals surface area (Å²) in [6.45, 7) is 2.21. The van der Waals surface area contributed by atoms with Crippen molar-refractivity contribution in [1.82, 2.24) is 0 Å². The molecule has 0 aromatic carbocycles. The van der Waals surface area contributed by atoms with Gasteiger partial charge in [0.15, 0.2) is 6.29 Å². The Morgan fingerprint density at radius 3 is 2.50 bits per heavy atom. The third kappa shape index (κ3) is 4.99. The number of ether oxygens (including phenoxy) is 1. The van der Waals surface area contributed by atoms with Gasteiger partial charge in [-0.15, -0.1) is 11.6 Å². The van der Waals surface area contributed by atoms with Crippen molar-refractivity contribution in [3.63, 3.8) is 0 Å². The largest absolute Gasteiger partial charge is 0.392 e. The fourth-order valence-corrected chi connectivity index (χ4v) is 0.682. The number of hydrogen-bond donors (Lipinski definition) is 2. The molecule has 0 fully saturated rings. The van der Waals surface area contributed by atoms with Crippen molar-refractivity contribution in [3.05, 3.63) is 0 Å². The lowest BCUT2D eigenvalue weighted by atomic mass is 10.3. The van der Waals surface area contributed by atoms with Gasteiger partial charge < -0.3 is 14.9 Å². The van der Waals surface area contributed by atoms with E-state index in [1.54, 1.807) is 6.92 Å². The molecule has 0 aliphatic rings. The smallest absolute Gasteiger partial charge is 0.157 e. The molecule has 0 aromatic rings. The zero-order valence-electron chi connectivity index (χ0n) is 5.96. The quantitative estimate of drug-likeness (QED) is 0.460. The van der Waals surface area contributed by atoms with Gasteiger partial charge in [0.1, 0.15) is 0 Å². The molecule has 2 atom stereocenters. The Balaban J connectivity index is 3.27. The number of rotatable bonds is 5. The SMILES string of the molecule is CCOC(O)CC(O)CCl. The molecular formula is C6H13ClO3. The van der Waals surface area contributed by atoms with E-state index in [-0.39, 0.29) is 12.3 Å². The van der Waals surface area contributed by atoms with Crippen LogP contribution in [0.4, 0.5) is 0 Å². The molecule has 0 amide bonds. The van der Waals surface area contributed by atoms with E-state index in [9.17, 15) is 0 Å². The van der Waals surface area contributed by atoms with Crippen molar-refractivity contribution in [2.75, 3.05) is 12.5 Å². The van der Waals surface area contributed by atoms with Crippen molar-refractivity contribution >= 4 is 11.6 Å². The van der Waals surface area contributed by atoms with Crippen molar-refractivity contribution in [1.29, 1.82) is 0 Å². The molecule has 0 aromatic heterocycles. The second-order valence-electron chi connectivity index (χ2n) is 1.95. The van der Waals surface area contributed by atoms with Crippen LogP contribution >= 0.6 is 11.6 Å². The molecule has 0 saturated carbocycles. The van der Waals surface area contributed by atoms with Crippen molar-refractivity contribution in [3.8, 4) is 0 Å². The third-order valence-corrected chi connectivity index (χ3v) is 1.37. The Kier molecular flexibility index (Phi) is 6.02. The monoisotopic (exact) mass is 168 g/mol. The van der Waals surface area contributed by atoms with E-state index in [1.165, 1.54) is 0 Å². The third-order valence-electron chi connectivity index (χ3n) is 1.01. The lowest BCUT2D eigenvalue weighted by Gasteiger charge is -2.12. The van der Waals surface area contributed by atoms with E-state index in [4.69, 9.17) is 26.6 Å². The van der Waals surface area contributed by atoms with Gasteiger partial charge in [0.2, 0.25) is 0 Å². The summed E-state index contributed by atoms with van der Waals surface area (Å²) >= 11 is 5.28. The van der Waals surface area contributed by atoms with Crippen LogP contribution < -0.4 is 0 Å². The summed E-state index contributed by atoms with van der Waals surface area (Å²) in [6.07, 6.45) is -1.39. The van der Waals surface area contributed by atoms with Gasteiger partial charge in [-0.1, -0.05) is 0 Å². The van der Waals surface area contributed by atoms with Crippen LogP contribution in [0.25, 0.3) is 0 Å². The first kappa shape index (κ1) is 10.2. The number of alkyl halides is 1. The first-order chi connectivity index (χ1) is 4.70. The van der Waals surface area contributed by atoms with E-state index in [1.807, 2.05) is 0 Å². The molecule has 0 saturated heterocycles. The van der Waals surface area contributed by atoms with Gasteiger partial charge in [0, 0.05) is 18.9 Å². The first-order valence-corrected chi connectivity index (χ1v) is 3.77. The minimum atomic E-state index is -0.890. The molecule has 3 nitrogen and oxygen atoms in total. The summed E-state index contributed by atoms with van der Waals surface area (Å²) in [6, 6.07) is 0. The number of aliphatic hydroxyl groups excluding tert-OH is 2. The van der Waals surface area contributed by atoms with Gasteiger partial charge >= 0.3 is 0 Å². The minimum Gasteiger partial charge on any atom is -0.392 e. The highest BCUT2D eigenvalue weighted by molar-refractivity contribution is 6.18.